The molecule has 0 fully saturated rings. The molecule has 0 aliphatic carbocycles. The van der Waals surface area contributed by atoms with Gasteiger partial charge in [0.15, 0.2) is 0 Å². The molecule has 12 heavy (non-hydrogen) atoms. The number of benzene rings is 1. The van der Waals surface area contributed by atoms with E-state index < -0.39 is 27.0 Å². The third-order valence-corrected chi connectivity index (χ3v) is 1.82. The minimum atomic E-state index is -1.37. The van der Waals surface area contributed by atoms with Crippen molar-refractivity contribution in [3.05, 3.63) is 29.3 Å². The molecule has 0 aromatic heterocycles. The molecule has 0 amide bonds. The fourth-order valence-corrected chi connectivity index (χ4v) is 0.960. The van der Waals surface area contributed by atoms with Gasteiger partial charge in [-0.25, -0.2) is 0 Å². The van der Waals surface area contributed by atoms with Gasteiger partial charge < -0.3 is 17.0 Å². The number of hydrogen-bond donors (Lipinski definition) is 0. The summed E-state index contributed by atoms with van der Waals surface area (Å²) in [4.78, 5) is 0. The van der Waals surface area contributed by atoms with Gasteiger partial charge in [-0.05, 0) is 0 Å². The summed E-state index contributed by atoms with van der Waals surface area (Å²) in [6.07, 6.45) is 0. The Bertz CT molecular complexity index is 276. The third-order valence-electron chi connectivity index (χ3n) is 1.20. The van der Waals surface area contributed by atoms with E-state index >= 15 is 0 Å². The number of rotatable bonds is 0. The van der Waals surface area contributed by atoms with Crippen LogP contribution in [0, 0.1) is 23.3 Å². The van der Waals surface area contributed by atoms with Gasteiger partial charge in [0.1, 0.15) is 0 Å². The van der Waals surface area contributed by atoms with Crippen molar-refractivity contribution in [2.24, 2.45) is 0 Å². The molecule has 6 heteroatoms. The van der Waals surface area contributed by atoms with Gasteiger partial charge in [-0.1, -0.05) is 0 Å². The second-order valence-corrected chi connectivity index (χ2v) is 2.65. The van der Waals surface area contributed by atoms with Crippen LogP contribution in [0.1, 0.15) is 0 Å². The Hall–Kier alpha value is 0.186. The van der Waals surface area contributed by atoms with E-state index in [0.717, 1.165) is 21.7 Å². The van der Waals surface area contributed by atoms with E-state index in [0.29, 0.717) is 0 Å². The Labute approximate surface area is 89.2 Å². The van der Waals surface area contributed by atoms with Crippen LogP contribution in [0.15, 0.2) is 6.07 Å². The minimum Gasteiger partial charge on any atom is -1.00 e. The molecule has 1 aromatic carbocycles. The molecule has 1 aromatic rings. The van der Waals surface area contributed by atoms with E-state index in [1.807, 2.05) is 0 Å². The minimum absolute atomic E-state index is 0. The van der Waals surface area contributed by atoms with E-state index in [9.17, 15) is 17.6 Å². The fraction of sp³-hybridized carbons (Fsp3) is 0. The largest absolute Gasteiger partial charge is 1.00 e. The van der Waals surface area contributed by atoms with Crippen LogP contribution in [0.3, 0.4) is 0 Å². The summed E-state index contributed by atoms with van der Waals surface area (Å²) in [6, 6.07) is 0.183. The van der Waals surface area contributed by atoms with Gasteiger partial charge >= 0.3 is 72.3 Å². The molecule has 0 heterocycles. The molecule has 0 bridgehead atoms. The van der Waals surface area contributed by atoms with Gasteiger partial charge in [0, 0.05) is 0 Å². The molecule has 0 saturated carbocycles. The number of hydrogen-bond acceptors (Lipinski definition) is 0. The van der Waals surface area contributed by atoms with Crippen molar-refractivity contribution in [3.8, 4) is 0 Å². The molecule has 0 atom stereocenters. The maximum Gasteiger partial charge on any atom is -1.00 e. The smallest absolute Gasteiger partial charge is 1.00 e. The van der Waals surface area contributed by atoms with Gasteiger partial charge in [-0.15, -0.1) is 0 Å². The predicted molar refractivity (Wildman–Crippen MR) is 31.7 cm³/mol. The molecule has 0 aliphatic rings. The second kappa shape index (κ2) is 4.43. The van der Waals surface area contributed by atoms with Crippen LogP contribution in [-0.4, -0.2) is 21.7 Å². The first-order chi connectivity index (χ1) is 5.04. The van der Waals surface area contributed by atoms with Crippen LogP contribution in [0.2, 0.25) is 0 Å². The molecule has 0 aliphatic heterocycles. The standard InChI is InChI=1S/C6HF4.BrH.Mg/c7-3-1-4(8)6(10)2-5(3)9;;/h1H;1H;/q;;+1/p-1. The van der Waals surface area contributed by atoms with Crippen molar-refractivity contribution in [2.45, 2.75) is 0 Å². The van der Waals surface area contributed by atoms with Gasteiger partial charge in [0.25, 0.3) is 0 Å². The van der Waals surface area contributed by atoms with Crippen LogP contribution >= 0.6 is 0 Å². The normalized spacial score (nSPS) is 9.50. The molecule has 1 rings (SSSR count). The van der Waals surface area contributed by atoms with Gasteiger partial charge in [0.05, 0.1) is 0 Å². The Morgan fingerprint density at radius 1 is 0.917 bits per heavy atom. The SMILES string of the molecule is Fc1cc(F)c(F)[c]([Mg+])c1F.[Br-]. The predicted octanol–water partition coefficient (Wildman–Crippen LogP) is -1.96. The molecular weight excluding hydrogens is 252 g/mol. The fourth-order valence-electron chi connectivity index (χ4n) is 0.623. The Morgan fingerprint density at radius 2 is 1.25 bits per heavy atom. The van der Waals surface area contributed by atoms with E-state index in [4.69, 9.17) is 0 Å². The van der Waals surface area contributed by atoms with Crippen molar-refractivity contribution >= 4 is 25.4 Å². The maximum absolute atomic E-state index is 12.4. The van der Waals surface area contributed by atoms with Crippen molar-refractivity contribution in [2.75, 3.05) is 0 Å². The summed E-state index contributed by atoms with van der Waals surface area (Å²) in [5, 5.41) is 0. The summed E-state index contributed by atoms with van der Waals surface area (Å²) in [5.41, 5.74) is 0. The maximum atomic E-state index is 12.4. The Morgan fingerprint density at radius 3 is 1.58 bits per heavy atom. The first-order valence-corrected chi connectivity index (χ1v) is 3.39. The Balaban J connectivity index is 0.00000121. The quantitative estimate of drug-likeness (QED) is 0.286. The molecule has 0 saturated heterocycles. The average Bonchev–Trinajstić information content (AvgIpc) is 1.97. The van der Waals surface area contributed by atoms with E-state index in [-0.39, 0.29) is 23.0 Å². The summed E-state index contributed by atoms with van der Waals surface area (Å²) in [7, 11) is 0. The van der Waals surface area contributed by atoms with Gasteiger partial charge in [0.2, 0.25) is 0 Å². The van der Waals surface area contributed by atoms with Crippen molar-refractivity contribution in [3.63, 3.8) is 0 Å². The third kappa shape index (κ3) is 2.11. The molecule has 0 unspecified atom stereocenters. The van der Waals surface area contributed by atoms with E-state index in [1.165, 1.54) is 0 Å². The van der Waals surface area contributed by atoms with E-state index in [1.54, 1.807) is 0 Å². The van der Waals surface area contributed by atoms with Gasteiger partial charge in [-0.2, -0.15) is 0 Å². The van der Waals surface area contributed by atoms with Crippen LogP contribution in [0.25, 0.3) is 0 Å². The molecular formula is C6HBrF4Mg. The van der Waals surface area contributed by atoms with Crippen LogP contribution in [0.5, 0.6) is 0 Å². The molecule has 0 nitrogen and oxygen atoms in total. The first kappa shape index (κ1) is 12.2. The van der Waals surface area contributed by atoms with Gasteiger partial charge in [-0.3, -0.25) is 0 Å². The molecule has 0 N–H and O–H groups in total. The van der Waals surface area contributed by atoms with Crippen LogP contribution in [-0.2, 0) is 0 Å². The average molecular weight is 253 g/mol. The van der Waals surface area contributed by atoms with Crippen molar-refractivity contribution in [1.82, 2.24) is 0 Å². The topological polar surface area (TPSA) is 0 Å². The number of halogens is 5. The van der Waals surface area contributed by atoms with Crippen molar-refractivity contribution < 1.29 is 34.5 Å². The summed E-state index contributed by atoms with van der Waals surface area (Å²) >= 11 is 0.764. The molecule has 62 valence electrons. The summed E-state index contributed by atoms with van der Waals surface area (Å²) in [6.45, 7) is 0. The zero-order valence-electron chi connectivity index (χ0n) is 5.67. The van der Waals surface area contributed by atoms with Crippen LogP contribution < -0.4 is 20.7 Å². The molecule has 0 radical (unpaired) electrons. The zero-order valence-corrected chi connectivity index (χ0v) is 8.67. The molecule has 0 spiro atoms. The van der Waals surface area contributed by atoms with Crippen molar-refractivity contribution in [1.29, 1.82) is 0 Å². The monoisotopic (exact) mass is 252 g/mol. The summed E-state index contributed by atoms with van der Waals surface area (Å²) < 4.78 is 48.7. The van der Waals surface area contributed by atoms with E-state index in [2.05, 4.69) is 0 Å². The second-order valence-electron chi connectivity index (χ2n) is 1.95. The summed E-state index contributed by atoms with van der Waals surface area (Å²) in [5.74, 6) is -5.40. The Kier molecular flexibility index (Phi) is 4.50. The first-order valence-electron chi connectivity index (χ1n) is 2.69. The zero-order chi connectivity index (χ0) is 8.59. The van der Waals surface area contributed by atoms with Crippen LogP contribution in [0.4, 0.5) is 17.6 Å².